The van der Waals surface area contributed by atoms with E-state index in [0.717, 1.165) is 18.7 Å². The number of fused-ring (bicyclic) bond motifs is 1. The Morgan fingerprint density at radius 2 is 2.00 bits per heavy atom. The maximum Gasteiger partial charge on any atom is 0.148 e. The SMILES string of the molecule is COc1cc2c(Nc3ccc(Cl)cc3F)ncnc2cc1CC(O)CN1CCCCC1. The molecule has 4 rings (SSSR count). The minimum Gasteiger partial charge on any atom is -0.496 e. The first-order valence-corrected chi connectivity index (χ1v) is 10.9. The standard InChI is InChI=1S/C23H26ClFN4O2/c1-31-22-12-18-21(10-15(22)9-17(30)13-29-7-3-2-4-8-29)26-14-27-23(18)28-20-6-5-16(24)11-19(20)25/h5-6,10-12,14,17,30H,2-4,7-9,13H2,1H3,(H,26,27,28). The fourth-order valence-corrected chi connectivity index (χ4v) is 4.21. The largest absolute Gasteiger partial charge is 0.496 e. The highest BCUT2D eigenvalue weighted by molar-refractivity contribution is 6.30. The summed E-state index contributed by atoms with van der Waals surface area (Å²) in [5, 5.41) is 14.7. The van der Waals surface area contributed by atoms with Crippen molar-refractivity contribution in [3.63, 3.8) is 0 Å². The third-order valence-electron chi connectivity index (χ3n) is 5.59. The number of hydrogen-bond acceptors (Lipinski definition) is 6. The van der Waals surface area contributed by atoms with E-state index in [-0.39, 0.29) is 5.69 Å². The number of nitrogens with one attached hydrogen (secondary N) is 1. The summed E-state index contributed by atoms with van der Waals surface area (Å²) >= 11 is 5.84. The first-order chi connectivity index (χ1) is 15.0. The van der Waals surface area contributed by atoms with Gasteiger partial charge < -0.3 is 20.1 Å². The van der Waals surface area contributed by atoms with Gasteiger partial charge in [0.25, 0.3) is 0 Å². The van der Waals surface area contributed by atoms with Crippen molar-refractivity contribution in [1.29, 1.82) is 0 Å². The van der Waals surface area contributed by atoms with Gasteiger partial charge in [-0.25, -0.2) is 14.4 Å². The smallest absolute Gasteiger partial charge is 0.148 e. The molecule has 0 spiro atoms. The van der Waals surface area contributed by atoms with Crippen molar-refractivity contribution in [2.75, 3.05) is 32.1 Å². The highest BCUT2D eigenvalue weighted by atomic mass is 35.5. The van der Waals surface area contributed by atoms with Crippen LogP contribution in [0.25, 0.3) is 10.9 Å². The summed E-state index contributed by atoms with van der Waals surface area (Å²) in [5.41, 5.74) is 1.83. The maximum absolute atomic E-state index is 14.2. The summed E-state index contributed by atoms with van der Waals surface area (Å²) in [4.78, 5) is 11.0. The van der Waals surface area contributed by atoms with E-state index >= 15 is 0 Å². The van der Waals surface area contributed by atoms with Gasteiger partial charge in [-0.3, -0.25) is 0 Å². The van der Waals surface area contributed by atoms with E-state index in [1.807, 2.05) is 12.1 Å². The molecule has 6 nitrogen and oxygen atoms in total. The van der Waals surface area contributed by atoms with Crippen LogP contribution in [0.4, 0.5) is 15.9 Å². The van der Waals surface area contributed by atoms with E-state index in [4.69, 9.17) is 16.3 Å². The van der Waals surface area contributed by atoms with Crippen LogP contribution in [-0.2, 0) is 6.42 Å². The Labute approximate surface area is 186 Å². The third-order valence-corrected chi connectivity index (χ3v) is 5.83. The normalized spacial score (nSPS) is 15.7. The average molecular weight is 445 g/mol. The van der Waals surface area contributed by atoms with Crippen LogP contribution in [0.15, 0.2) is 36.7 Å². The third kappa shape index (κ3) is 5.23. The van der Waals surface area contributed by atoms with Crippen molar-refractivity contribution in [2.24, 2.45) is 0 Å². The van der Waals surface area contributed by atoms with Gasteiger partial charge in [-0.05, 0) is 61.8 Å². The van der Waals surface area contributed by atoms with Crippen LogP contribution in [0.2, 0.25) is 5.02 Å². The van der Waals surface area contributed by atoms with Crippen LogP contribution in [0, 0.1) is 5.82 Å². The molecule has 1 aliphatic heterocycles. The summed E-state index contributed by atoms with van der Waals surface area (Å²) in [6.07, 6.45) is 5.04. The van der Waals surface area contributed by atoms with Crippen molar-refractivity contribution >= 4 is 34.0 Å². The van der Waals surface area contributed by atoms with Crippen LogP contribution in [0.5, 0.6) is 5.75 Å². The fourth-order valence-electron chi connectivity index (χ4n) is 4.05. The second-order valence-electron chi connectivity index (χ2n) is 7.87. The zero-order chi connectivity index (χ0) is 21.8. The number of rotatable bonds is 7. The number of likely N-dealkylation sites (tertiary alicyclic amines) is 1. The highest BCUT2D eigenvalue weighted by Crippen LogP contribution is 2.31. The van der Waals surface area contributed by atoms with Crippen LogP contribution in [0.1, 0.15) is 24.8 Å². The van der Waals surface area contributed by atoms with Gasteiger partial charge in [0.05, 0.1) is 24.4 Å². The van der Waals surface area contributed by atoms with Gasteiger partial charge in [0.1, 0.15) is 23.7 Å². The summed E-state index contributed by atoms with van der Waals surface area (Å²) in [6, 6.07) is 8.15. The summed E-state index contributed by atoms with van der Waals surface area (Å²) in [7, 11) is 1.59. The first kappa shape index (κ1) is 21.7. The predicted molar refractivity (Wildman–Crippen MR) is 121 cm³/mol. The lowest BCUT2D eigenvalue weighted by molar-refractivity contribution is 0.101. The topological polar surface area (TPSA) is 70.5 Å². The first-order valence-electron chi connectivity index (χ1n) is 10.5. The number of aliphatic hydroxyl groups excluding tert-OH is 1. The van der Waals surface area contributed by atoms with Gasteiger partial charge in [-0.15, -0.1) is 0 Å². The van der Waals surface area contributed by atoms with Crippen molar-refractivity contribution in [3.05, 3.63) is 53.1 Å². The number of anilines is 2. The van der Waals surface area contributed by atoms with Gasteiger partial charge in [-0.2, -0.15) is 0 Å². The quantitative estimate of drug-likeness (QED) is 0.556. The van der Waals surface area contributed by atoms with Crippen molar-refractivity contribution in [2.45, 2.75) is 31.8 Å². The molecule has 1 aliphatic rings. The molecule has 0 amide bonds. The predicted octanol–water partition coefficient (Wildman–Crippen LogP) is 4.56. The second kappa shape index (κ2) is 9.77. The summed E-state index contributed by atoms with van der Waals surface area (Å²) in [5.74, 6) is 0.633. The number of hydrogen-bond donors (Lipinski definition) is 2. The Morgan fingerprint density at radius 1 is 1.19 bits per heavy atom. The Kier molecular flexibility index (Phi) is 6.85. The van der Waals surface area contributed by atoms with Gasteiger partial charge in [0.15, 0.2) is 0 Å². The molecule has 0 saturated carbocycles. The van der Waals surface area contributed by atoms with E-state index < -0.39 is 11.9 Å². The van der Waals surface area contributed by atoms with Crippen molar-refractivity contribution in [3.8, 4) is 5.75 Å². The molecule has 3 aromatic rings. The Hall–Kier alpha value is -2.48. The number of aliphatic hydroxyl groups is 1. The van der Waals surface area contributed by atoms with Crippen LogP contribution in [-0.4, -0.2) is 52.8 Å². The van der Waals surface area contributed by atoms with Crippen molar-refractivity contribution in [1.82, 2.24) is 14.9 Å². The Balaban J connectivity index is 1.58. The zero-order valence-electron chi connectivity index (χ0n) is 17.4. The molecule has 2 N–H and O–H groups in total. The maximum atomic E-state index is 14.2. The van der Waals surface area contributed by atoms with Crippen LogP contribution in [0.3, 0.4) is 0 Å². The molecule has 1 fully saturated rings. The van der Waals surface area contributed by atoms with Gasteiger partial charge in [0, 0.05) is 23.4 Å². The molecule has 1 unspecified atom stereocenters. The van der Waals surface area contributed by atoms with E-state index in [2.05, 4.69) is 20.2 Å². The molecular formula is C23H26ClFN4O2. The number of nitrogens with zero attached hydrogens (tertiary/aromatic N) is 3. The molecule has 1 aromatic heterocycles. The number of aromatic nitrogens is 2. The monoisotopic (exact) mass is 444 g/mol. The molecular weight excluding hydrogens is 419 g/mol. The van der Waals surface area contributed by atoms with Crippen LogP contribution >= 0.6 is 11.6 Å². The molecule has 2 heterocycles. The lowest BCUT2D eigenvalue weighted by Gasteiger charge is -2.28. The average Bonchev–Trinajstić information content (AvgIpc) is 2.76. The summed E-state index contributed by atoms with van der Waals surface area (Å²) < 4.78 is 19.8. The van der Waals surface area contributed by atoms with Gasteiger partial charge in [0.2, 0.25) is 0 Å². The molecule has 0 radical (unpaired) electrons. The molecule has 31 heavy (non-hydrogen) atoms. The molecule has 1 saturated heterocycles. The van der Waals surface area contributed by atoms with Crippen LogP contribution < -0.4 is 10.1 Å². The fraction of sp³-hybridized carbons (Fsp3) is 0.391. The second-order valence-corrected chi connectivity index (χ2v) is 8.31. The van der Waals surface area contributed by atoms with E-state index in [1.165, 1.54) is 31.7 Å². The zero-order valence-corrected chi connectivity index (χ0v) is 18.2. The molecule has 0 bridgehead atoms. The van der Waals surface area contributed by atoms with Crippen molar-refractivity contribution < 1.29 is 14.2 Å². The minimum atomic E-state index is -0.493. The summed E-state index contributed by atoms with van der Waals surface area (Å²) in [6.45, 7) is 2.72. The number of piperidine rings is 1. The lowest BCUT2D eigenvalue weighted by Crippen LogP contribution is -2.37. The lowest BCUT2D eigenvalue weighted by atomic mass is 10.0. The molecule has 164 valence electrons. The van der Waals surface area contributed by atoms with E-state index in [1.54, 1.807) is 19.2 Å². The van der Waals surface area contributed by atoms with Gasteiger partial charge in [-0.1, -0.05) is 18.0 Å². The van der Waals surface area contributed by atoms with E-state index in [0.29, 0.717) is 40.5 Å². The molecule has 0 aliphatic carbocycles. The molecule has 8 heteroatoms. The van der Waals surface area contributed by atoms with Gasteiger partial charge >= 0.3 is 0 Å². The van der Waals surface area contributed by atoms with E-state index in [9.17, 15) is 9.50 Å². The number of methoxy groups -OCH3 is 1. The highest BCUT2D eigenvalue weighted by Gasteiger charge is 2.18. The number of benzene rings is 2. The Bertz CT molecular complexity index is 1060. The number of halogens is 2. The Morgan fingerprint density at radius 3 is 2.74 bits per heavy atom. The molecule has 1 atom stereocenters. The minimum absolute atomic E-state index is 0.268. The number of β-amino-alcohol motifs (C(OH)–C–C–N with tert-alkyl or cyclic N) is 1. The number of ether oxygens (including phenoxy) is 1. The molecule has 2 aromatic carbocycles.